The minimum Gasteiger partial charge on any atom is -0.274 e. The van der Waals surface area contributed by atoms with Crippen LogP contribution in [0.1, 0.15) is 17.1 Å². The molecule has 0 aliphatic carbocycles. The number of hydrogen-bond acceptors (Lipinski definition) is 5. The fraction of sp³-hybridized carbons (Fsp3) is 0.105. The van der Waals surface area contributed by atoms with Crippen LogP contribution in [0.4, 0.5) is 0 Å². The zero-order chi connectivity index (χ0) is 17.8. The smallest absolute Gasteiger partial charge is 0.196 e. The summed E-state index contributed by atoms with van der Waals surface area (Å²) in [7, 11) is 0. The van der Waals surface area contributed by atoms with Crippen molar-refractivity contribution in [2.24, 2.45) is 0 Å². The topological polar surface area (TPSA) is 43.6 Å². The molecule has 0 fully saturated rings. The van der Waals surface area contributed by atoms with Crippen molar-refractivity contribution in [1.82, 2.24) is 19.7 Å². The SMILES string of the molecule is Clc1ccc(-n2c(Cc3ccccc3)nnc2SCc2cscn2)cc1. The fourth-order valence-electron chi connectivity index (χ4n) is 2.58. The van der Waals surface area contributed by atoms with E-state index in [0.717, 1.165) is 28.1 Å². The normalized spacial score (nSPS) is 11.0. The molecule has 0 saturated carbocycles. The molecule has 0 atom stereocenters. The lowest BCUT2D eigenvalue weighted by Gasteiger charge is -2.10. The van der Waals surface area contributed by atoms with Gasteiger partial charge in [0, 0.05) is 28.3 Å². The minimum absolute atomic E-state index is 0.711. The molecule has 2 aromatic heterocycles. The number of rotatable bonds is 6. The first-order chi connectivity index (χ1) is 12.8. The number of hydrogen-bond donors (Lipinski definition) is 0. The number of halogens is 1. The average molecular weight is 399 g/mol. The van der Waals surface area contributed by atoms with Crippen molar-refractivity contribution in [2.75, 3.05) is 0 Å². The fourth-order valence-corrected chi connectivity index (χ4v) is 4.25. The first-order valence-electron chi connectivity index (χ1n) is 8.03. The molecule has 7 heteroatoms. The van der Waals surface area contributed by atoms with Gasteiger partial charge < -0.3 is 0 Å². The number of aromatic nitrogens is 4. The lowest BCUT2D eigenvalue weighted by atomic mass is 10.1. The van der Waals surface area contributed by atoms with Crippen LogP contribution >= 0.6 is 34.7 Å². The van der Waals surface area contributed by atoms with E-state index >= 15 is 0 Å². The highest BCUT2D eigenvalue weighted by Gasteiger charge is 2.15. The van der Waals surface area contributed by atoms with E-state index in [9.17, 15) is 0 Å². The number of nitrogens with zero attached hydrogens (tertiary/aromatic N) is 4. The van der Waals surface area contributed by atoms with Crippen molar-refractivity contribution in [1.29, 1.82) is 0 Å². The molecule has 4 nitrogen and oxygen atoms in total. The van der Waals surface area contributed by atoms with Crippen LogP contribution in [-0.2, 0) is 12.2 Å². The maximum atomic E-state index is 6.06. The van der Waals surface area contributed by atoms with Crippen molar-refractivity contribution in [3.05, 3.63) is 87.6 Å². The molecule has 4 rings (SSSR count). The second kappa shape index (κ2) is 8.03. The van der Waals surface area contributed by atoms with E-state index in [4.69, 9.17) is 11.6 Å². The molecule has 0 aliphatic rings. The van der Waals surface area contributed by atoms with E-state index in [2.05, 4.69) is 37.3 Å². The average Bonchev–Trinajstić information content (AvgIpc) is 3.32. The molecule has 0 radical (unpaired) electrons. The standard InChI is InChI=1S/C19H15ClN4S2/c20-15-6-8-17(9-7-15)24-18(10-14-4-2-1-3-5-14)22-23-19(24)26-12-16-11-25-13-21-16/h1-9,11,13H,10,12H2. The maximum Gasteiger partial charge on any atom is 0.196 e. The molecule has 26 heavy (non-hydrogen) atoms. The van der Waals surface area contributed by atoms with Gasteiger partial charge in [0.25, 0.3) is 0 Å². The number of thioether (sulfide) groups is 1. The Hall–Kier alpha value is -2.15. The molecule has 0 amide bonds. The van der Waals surface area contributed by atoms with Crippen LogP contribution in [0.2, 0.25) is 5.02 Å². The van der Waals surface area contributed by atoms with E-state index in [1.807, 2.05) is 48.0 Å². The predicted octanol–water partition coefficient (Wildman–Crippen LogP) is 5.26. The van der Waals surface area contributed by atoms with E-state index < -0.39 is 0 Å². The number of thiazole rings is 1. The van der Waals surface area contributed by atoms with Gasteiger partial charge in [-0.3, -0.25) is 4.57 Å². The Morgan fingerprint density at radius 3 is 2.54 bits per heavy atom. The Morgan fingerprint density at radius 1 is 1.00 bits per heavy atom. The van der Waals surface area contributed by atoms with Crippen LogP contribution in [0.15, 0.2) is 70.6 Å². The Bertz CT molecular complexity index is 967. The van der Waals surface area contributed by atoms with Crippen LogP contribution in [0.25, 0.3) is 5.69 Å². The molecule has 130 valence electrons. The molecule has 0 unspecified atom stereocenters. The van der Waals surface area contributed by atoms with E-state index in [1.165, 1.54) is 5.56 Å². The second-order valence-electron chi connectivity index (χ2n) is 5.64. The van der Waals surface area contributed by atoms with E-state index in [-0.39, 0.29) is 0 Å². The van der Waals surface area contributed by atoms with Crippen LogP contribution in [-0.4, -0.2) is 19.7 Å². The molecular formula is C19H15ClN4S2. The zero-order valence-corrected chi connectivity index (χ0v) is 16.1. The van der Waals surface area contributed by atoms with Gasteiger partial charge >= 0.3 is 0 Å². The summed E-state index contributed by atoms with van der Waals surface area (Å²) in [4.78, 5) is 4.34. The third kappa shape index (κ3) is 3.98. The summed E-state index contributed by atoms with van der Waals surface area (Å²) in [5, 5.41) is 12.5. The monoisotopic (exact) mass is 398 g/mol. The summed E-state index contributed by atoms with van der Waals surface area (Å²) in [6, 6.07) is 18.1. The van der Waals surface area contributed by atoms with Gasteiger partial charge in [-0.05, 0) is 29.8 Å². The van der Waals surface area contributed by atoms with Gasteiger partial charge in [-0.25, -0.2) is 4.98 Å². The highest BCUT2D eigenvalue weighted by molar-refractivity contribution is 7.98. The lowest BCUT2D eigenvalue weighted by Crippen LogP contribution is -2.03. The molecule has 0 saturated heterocycles. The van der Waals surface area contributed by atoms with Crippen molar-refractivity contribution in [2.45, 2.75) is 17.3 Å². The van der Waals surface area contributed by atoms with Gasteiger partial charge in [0.1, 0.15) is 5.82 Å². The highest BCUT2D eigenvalue weighted by Crippen LogP contribution is 2.27. The molecule has 0 aliphatic heterocycles. The highest BCUT2D eigenvalue weighted by atomic mass is 35.5. The Labute approximate surface area is 164 Å². The second-order valence-corrected chi connectivity index (χ2v) is 7.74. The predicted molar refractivity (Wildman–Crippen MR) is 107 cm³/mol. The molecule has 0 spiro atoms. The molecule has 0 bridgehead atoms. The molecular weight excluding hydrogens is 384 g/mol. The Kier molecular flexibility index (Phi) is 5.34. The summed E-state index contributed by atoms with van der Waals surface area (Å²) in [5.74, 6) is 1.67. The maximum absolute atomic E-state index is 6.06. The van der Waals surface area contributed by atoms with E-state index in [1.54, 1.807) is 23.1 Å². The summed E-state index contributed by atoms with van der Waals surface area (Å²) in [6.45, 7) is 0. The van der Waals surface area contributed by atoms with Gasteiger partial charge in [0.05, 0.1) is 11.2 Å². The molecule has 2 aromatic carbocycles. The summed E-state index contributed by atoms with van der Waals surface area (Å²) in [6.07, 6.45) is 0.716. The van der Waals surface area contributed by atoms with Gasteiger partial charge in [-0.15, -0.1) is 21.5 Å². The largest absolute Gasteiger partial charge is 0.274 e. The third-order valence-corrected chi connectivity index (χ3v) is 5.67. The van der Waals surface area contributed by atoms with Crippen molar-refractivity contribution in [3.8, 4) is 5.69 Å². The third-order valence-electron chi connectivity index (χ3n) is 3.82. The lowest BCUT2D eigenvalue weighted by molar-refractivity contribution is 0.847. The van der Waals surface area contributed by atoms with Crippen molar-refractivity contribution < 1.29 is 0 Å². The van der Waals surface area contributed by atoms with Gasteiger partial charge in [-0.1, -0.05) is 53.7 Å². The minimum atomic E-state index is 0.711. The number of benzene rings is 2. The summed E-state index contributed by atoms with van der Waals surface area (Å²) >= 11 is 9.30. The van der Waals surface area contributed by atoms with Crippen LogP contribution in [0.5, 0.6) is 0 Å². The summed E-state index contributed by atoms with van der Waals surface area (Å²) < 4.78 is 2.10. The quantitative estimate of drug-likeness (QED) is 0.415. The van der Waals surface area contributed by atoms with Gasteiger partial charge in [-0.2, -0.15) is 0 Å². The van der Waals surface area contributed by atoms with Crippen LogP contribution < -0.4 is 0 Å². The van der Waals surface area contributed by atoms with Crippen LogP contribution in [0, 0.1) is 0 Å². The molecule has 4 aromatic rings. The van der Waals surface area contributed by atoms with Crippen LogP contribution in [0.3, 0.4) is 0 Å². The van der Waals surface area contributed by atoms with Crippen molar-refractivity contribution in [3.63, 3.8) is 0 Å². The van der Waals surface area contributed by atoms with E-state index in [0.29, 0.717) is 11.4 Å². The molecule has 2 heterocycles. The zero-order valence-electron chi connectivity index (χ0n) is 13.7. The Balaban J connectivity index is 1.68. The molecule has 0 N–H and O–H groups in total. The first kappa shape index (κ1) is 17.3. The summed E-state index contributed by atoms with van der Waals surface area (Å²) in [5.41, 5.74) is 5.10. The van der Waals surface area contributed by atoms with Gasteiger partial charge in [0.15, 0.2) is 5.16 Å². The Morgan fingerprint density at radius 2 is 1.81 bits per heavy atom. The van der Waals surface area contributed by atoms with Gasteiger partial charge in [0.2, 0.25) is 0 Å². The first-order valence-corrected chi connectivity index (χ1v) is 10.3. The van der Waals surface area contributed by atoms with Crippen molar-refractivity contribution >= 4 is 34.7 Å².